The lowest BCUT2D eigenvalue weighted by Gasteiger charge is -1.95. The molecule has 0 heterocycles. The average molecular weight is 218 g/mol. The van der Waals surface area contributed by atoms with Gasteiger partial charge in [0.2, 0.25) is 9.05 Å². The number of carbonyl (C=O) groups is 1. The lowest BCUT2D eigenvalue weighted by atomic mass is 10.3. The molecule has 0 spiro atoms. The second-order valence-corrected chi connectivity index (χ2v) is 5.30. The third-order valence-corrected chi connectivity index (χ3v) is 0.497. The fourth-order valence-electron chi connectivity index (χ4n) is 0.275. The molecule has 0 fully saturated rings. The zero-order valence-electron chi connectivity index (χ0n) is 6.82. The van der Waals surface area contributed by atoms with Crippen LogP contribution < -0.4 is 5.73 Å². The molecule has 0 aromatic carbocycles. The van der Waals surface area contributed by atoms with Gasteiger partial charge < -0.3 is 10.8 Å². The van der Waals surface area contributed by atoms with Crippen LogP contribution in [0.4, 0.5) is 0 Å². The quantitative estimate of drug-likeness (QED) is 0.635. The first-order chi connectivity index (χ1) is 5.13. The van der Waals surface area contributed by atoms with Crippen molar-refractivity contribution in [2.75, 3.05) is 6.26 Å². The summed E-state index contributed by atoms with van der Waals surface area (Å²) >= 11 is 0. The second-order valence-electron chi connectivity index (χ2n) is 2.26. The van der Waals surface area contributed by atoms with Gasteiger partial charge in [-0.05, 0) is 6.92 Å². The molecule has 74 valence electrons. The minimum Gasteiger partial charge on any atom is -0.481 e. The van der Waals surface area contributed by atoms with Gasteiger partial charge in [0.05, 0.1) is 12.7 Å². The van der Waals surface area contributed by atoms with Crippen LogP contribution in [0.1, 0.15) is 13.3 Å². The van der Waals surface area contributed by atoms with Crippen LogP contribution in [0, 0.1) is 0 Å². The highest BCUT2D eigenvalue weighted by molar-refractivity contribution is 8.13. The summed E-state index contributed by atoms with van der Waals surface area (Å²) in [5, 5.41) is 8.00. The van der Waals surface area contributed by atoms with E-state index in [9.17, 15) is 13.2 Å². The number of carboxylic acids is 1. The molecule has 0 saturated heterocycles. The molecule has 7 heteroatoms. The van der Waals surface area contributed by atoms with E-state index in [4.69, 9.17) is 10.8 Å². The zero-order valence-corrected chi connectivity index (χ0v) is 8.39. The van der Waals surface area contributed by atoms with E-state index in [2.05, 4.69) is 10.7 Å². The first kappa shape index (κ1) is 14.2. The van der Waals surface area contributed by atoms with Crippen LogP contribution in [0.3, 0.4) is 0 Å². The molecule has 12 heavy (non-hydrogen) atoms. The monoisotopic (exact) mass is 217 g/mol. The number of aliphatic carboxylic acids is 1. The Hall–Kier alpha value is -0.330. The predicted octanol–water partition coefficient (Wildman–Crippen LogP) is -0.00690. The number of nitrogens with two attached hydrogens (primary N) is 1. The summed E-state index contributed by atoms with van der Waals surface area (Å²) in [5.41, 5.74) is 5.11. The molecule has 0 bridgehead atoms. The number of halogens is 1. The van der Waals surface area contributed by atoms with E-state index in [1.807, 2.05) is 0 Å². The van der Waals surface area contributed by atoms with E-state index >= 15 is 0 Å². The predicted molar refractivity (Wildman–Crippen MR) is 46.6 cm³/mol. The Balaban J connectivity index is 0. The van der Waals surface area contributed by atoms with Gasteiger partial charge in [-0.1, -0.05) is 0 Å². The minimum absolute atomic E-state index is 0.0556. The largest absolute Gasteiger partial charge is 0.481 e. The van der Waals surface area contributed by atoms with Crippen LogP contribution in [-0.4, -0.2) is 31.8 Å². The molecule has 1 atom stereocenters. The van der Waals surface area contributed by atoms with Crippen LogP contribution in [0.15, 0.2) is 0 Å². The fraction of sp³-hybridized carbons (Fsp3) is 0.800. The Morgan fingerprint density at radius 1 is 1.67 bits per heavy atom. The van der Waals surface area contributed by atoms with Gasteiger partial charge in [-0.15, -0.1) is 0 Å². The fourth-order valence-corrected chi connectivity index (χ4v) is 0.275. The van der Waals surface area contributed by atoms with Crippen molar-refractivity contribution >= 4 is 25.7 Å². The highest BCUT2D eigenvalue weighted by Gasteiger charge is 1.98. The second kappa shape index (κ2) is 6.22. The lowest BCUT2D eigenvalue weighted by Crippen LogP contribution is -2.18. The van der Waals surface area contributed by atoms with Gasteiger partial charge in [-0.3, -0.25) is 4.79 Å². The topological polar surface area (TPSA) is 97.5 Å². The van der Waals surface area contributed by atoms with E-state index in [1.165, 1.54) is 0 Å². The summed E-state index contributed by atoms with van der Waals surface area (Å²) in [4.78, 5) is 9.73. The van der Waals surface area contributed by atoms with Crippen LogP contribution in [0.2, 0.25) is 0 Å². The Morgan fingerprint density at radius 3 is 1.92 bits per heavy atom. The standard InChI is InChI=1S/C4H9NO2.CH3ClO2S/c1-3(5)2-4(6)7;1-5(2,3)4/h3H,2,5H2,1H3,(H,6,7);1H3. The smallest absolute Gasteiger partial charge is 0.304 e. The molecular formula is C5H12ClNO4S. The summed E-state index contributed by atoms with van der Waals surface area (Å²) in [5.74, 6) is -0.838. The molecule has 0 rings (SSSR count). The molecule has 0 aromatic heterocycles. The van der Waals surface area contributed by atoms with E-state index in [-0.39, 0.29) is 12.5 Å². The molecule has 3 N–H and O–H groups in total. The van der Waals surface area contributed by atoms with Crippen molar-refractivity contribution in [3.8, 4) is 0 Å². The Bertz CT molecular complexity index is 216. The van der Waals surface area contributed by atoms with E-state index in [1.54, 1.807) is 6.92 Å². The van der Waals surface area contributed by atoms with Gasteiger partial charge in [0.25, 0.3) is 0 Å². The van der Waals surface area contributed by atoms with E-state index in [0.29, 0.717) is 0 Å². The summed E-state index contributed by atoms with van der Waals surface area (Å²) in [6.07, 6.45) is 0.981. The number of hydrogen-bond donors (Lipinski definition) is 2. The SMILES string of the molecule is CC(N)CC(=O)O.CS(=O)(=O)Cl. The van der Waals surface area contributed by atoms with E-state index < -0.39 is 15.0 Å². The first-order valence-electron chi connectivity index (χ1n) is 3.00. The number of hydrogen-bond acceptors (Lipinski definition) is 4. The van der Waals surface area contributed by atoms with Crippen LogP contribution >= 0.6 is 10.7 Å². The summed E-state index contributed by atoms with van der Waals surface area (Å²) in [6.45, 7) is 1.66. The molecule has 5 nitrogen and oxygen atoms in total. The molecule has 0 aliphatic carbocycles. The molecular weight excluding hydrogens is 206 g/mol. The summed E-state index contributed by atoms with van der Waals surface area (Å²) < 4.78 is 18.8. The third kappa shape index (κ3) is 54.0. The molecule has 0 aromatic rings. The summed E-state index contributed by atoms with van der Waals surface area (Å²) in [6, 6.07) is -0.225. The van der Waals surface area contributed by atoms with Crippen molar-refractivity contribution in [3.63, 3.8) is 0 Å². The molecule has 1 unspecified atom stereocenters. The average Bonchev–Trinajstić information content (AvgIpc) is 1.52. The Labute approximate surface area is 75.9 Å². The van der Waals surface area contributed by atoms with Crippen molar-refractivity contribution in [1.82, 2.24) is 0 Å². The van der Waals surface area contributed by atoms with Crippen LogP contribution in [0.5, 0.6) is 0 Å². The molecule has 0 aliphatic rings. The Kier molecular flexibility index (Phi) is 7.36. The van der Waals surface area contributed by atoms with Crippen molar-refractivity contribution in [1.29, 1.82) is 0 Å². The van der Waals surface area contributed by atoms with Gasteiger partial charge in [0, 0.05) is 16.7 Å². The maximum Gasteiger partial charge on any atom is 0.304 e. The molecule has 0 radical (unpaired) electrons. The van der Waals surface area contributed by atoms with Crippen LogP contribution in [0.25, 0.3) is 0 Å². The Morgan fingerprint density at radius 2 is 1.92 bits per heavy atom. The van der Waals surface area contributed by atoms with Crippen molar-refractivity contribution < 1.29 is 18.3 Å². The molecule has 0 aliphatic heterocycles. The number of carboxylic acid groups (broad SMARTS) is 1. The maximum atomic E-state index is 9.73. The minimum atomic E-state index is -3.19. The van der Waals surface area contributed by atoms with Gasteiger partial charge in [0.1, 0.15) is 0 Å². The van der Waals surface area contributed by atoms with Gasteiger partial charge in [0.15, 0.2) is 0 Å². The van der Waals surface area contributed by atoms with Gasteiger partial charge in [-0.25, -0.2) is 8.42 Å². The molecule has 0 amide bonds. The van der Waals surface area contributed by atoms with Gasteiger partial charge in [-0.2, -0.15) is 0 Å². The molecule has 0 saturated carbocycles. The van der Waals surface area contributed by atoms with Crippen LogP contribution in [-0.2, 0) is 13.8 Å². The first-order valence-corrected chi connectivity index (χ1v) is 5.71. The van der Waals surface area contributed by atoms with Crippen molar-refractivity contribution in [2.45, 2.75) is 19.4 Å². The zero-order chi connectivity index (χ0) is 10.4. The highest BCUT2D eigenvalue weighted by atomic mass is 35.7. The van der Waals surface area contributed by atoms with Crippen molar-refractivity contribution in [2.24, 2.45) is 5.73 Å². The van der Waals surface area contributed by atoms with Gasteiger partial charge >= 0.3 is 5.97 Å². The number of rotatable bonds is 2. The lowest BCUT2D eigenvalue weighted by molar-refractivity contribution is -0.137. The van der Waals surface area contributed by atoms with E-state index in [0.717, 1.165) is 6.26 Å². The highest BCUT2D eigenvalue weighted by Crippen LogP contribution is 1.83. The normalized spacial score (nSPS) is 12.7. The third-order valence-electron chi connectivity index (χ3n) is 0.497. The maximum absolute atomic E-state index is 9.73. The van der Waals surface area contributed by atoms with Crippen molar-refractivity contribution in [3.05, 3.63) is 0 Å². The summed E-state index contributed by atoms with van der Waals surface area (Å²) in [7, 11) is 1.31.